The highest BCUT2D eigenvalue weighted by atomic mass is 31.2. The Kier molecular flexibility index (Phi) is 44.0. The van der Waals surface area contributed by atoms with E-state index in [9.17, 15) is 121 Å². The molecule has 14 unspecified atom stereocenters. The minimum Gasteiger partial charge on any atom is -0.462 e. The standard InChI is InChI=1S/C72H127O38P/c1-3-5-7-9-11-13-15-16-17-18-19-21-22-24-26-28-30-45(75)97-34-39(102-46(76)31-29-27-25-23-20-14-12-10-8-6-4-2)35-101-111(95,96)110-67-65(108-71-63(93)53(83)48(78)41(33-74)104-71)58(88)57(87)59(89)66(67)109-72-64(94)56(86)51(81)44(107-72)38-100-70-62(92)55(85)50(80)43(106-70)37-99-69-61(91)54(84)49(79)42(105-69)36-98-68-60(90)52(82)47(77)40(32-73)103-68/h13,15,17-18,39-44,47-74,77-94H,3-12,14,16,19-38H2,1-2H3,(H,95,96)/b15-13-,18-17-/t39-,40?,41?,42?,43?,44?,47+,48-,49+,50+,51+,52?,53?,54?,55?,56?,57+,58?,59?,60+,61+,62+,63-,64+,65-,66?,67+,68-,69-,70-,71-,72+/m1/s1. The average molecular weight is 1630 g/mol. The van der Waals surface area contributed by atoms with E-state index in [0.29, 0.717) is 25.7 Å². The number of aliphatic hydroxyl groups is 20. The van der Waals surface area contributed by atoms with Crippen LogP contribution in [0.5, 0.6) is 0 Å². The molecule has 0 aromatic carbocycles. The highest BCUT2D eigenvalue weighted by Crippen LogP contribution is 2.49. The fourth-order valence-electron chi connectivity index (χ4n) is 13.6. The number of hydrogen-bond acceptors (Lipinski definition) is 37. The summed E-state index contributed by atoms with van der Waals surface area (Å²) < 4.78 is 92.8. The molecule has 648 valence electrons. The van der Waals surface area contributed by atoms with Crippen LogP contribution in [0.25, 0.3) is 0 Å². The van der Waals surface area contributed by atoms with Crippen LogP contribution in [0.3, 0.4) is 0 Å². The van der Waals surface area contributed by atoms with Crippen LogP contribution in [0.4, 0.5) is 0 Å². The number of rotatable bonds is 50. The second-order valence-electron chi connectivity index (χ2n) is 29.4. The first-order chi connectivity index (χ1) is 53.0. The number of aliphatic hydroxyl groups excluding tert-OH is 20. The van der Waals surface area contributed by atoms with Crippen molar-refractivity contribution in [3.63, 3.8) is 0 Å². The molecule has 39 heteroatoms. The van der Waals surface area contributed by atoms with E-state index in [2.05, 4.69) is 38.2 Å². The molecule has 5 aliphatic heterocycles. The number of unbranched alkanes of at least 4 members (excludes halogenated alkanes) is 19. The van der Waals surface area contributed by atoms with E-state index in [0.717, 1.165) is 77.0 Å². The van der Waals surface area contributed by atoms with Crippen molar-refractivity contribution in [2.45, 2.75) is 371 Å². The molecule has 5 saturated heterocycles. The SMILES string of the molecule is CCCCCC/C=C\C/C=C\CCCCCCCC(=O)OC[C@H](COP(=O)(O)O[C@@H]1C(O[C@@H]2OC(CO[C@@H]3OC(CO[C@@H]4OC(CO[C@@H]5OC(CO)[C@H](O)C(O)[C@@H]5O)[C@H](O)C(O)[C@@H]4O)[C@H](O)C(O)[C@@H]3O)[C@H](O)C(O)[C@@H]2O)C(O)[C@@H](O)C(O)[C@H]1O[C@H]1OC(CO)[C@@H](O)C(O)[C@H]1O)OC(=O)CCCCCCCCCCCCC. The molecule has 21 N–H and O–H groups in total. The molecule has 0 aromatic heterocycles. The molecular weight excluding hydrogens is 1500 g/mol. The van der Waals surface area contributed by atoms with Crippen molar-refractivity contribution in [2.24, 2.45) is 0 Å². The van der Waals surface area contributed by atoms with Crippen molar-refractivity contribution in [1.29, 1.82) is 0 Å². The number of ether oxygens (including phenoxy) is 12. The summed E-state index contributed by atoms with van der Waals surface area (Å²) in [5, 5.41) is 217. The number of hydrogen-bond donors (Lipinski definition) is 21. The summed E-state index contributed by atoms with van der Waals surface area (Å²) in [5.74, 6) is -1.50. The van der Waals surface area contributed by atoms with Gasteiger partial charge in [-0.15, -0.1) is 0 Å². The molecule has 5 heterocycles. The molecule has 38 nitrogen and oxygen atoms in total. The smallest absolute Gasteiger partial charge is 0.462 e. The summed E-state index contributed by atoms with van der Waals surface area (Å²) in [6, 6.07) is 0. The molecule has 0 spiro atoms. The van der Waals surface area contributed by atoms with Gasteiger partial charge in [0.25, 0.3) is 0 Å². The first kappa shape index (κ1) is 97.2. The molecule has 0 bridgehead atoms. The molecule has 0 aromatic rings. The van der Waals surface area contributed by atoms with Gasteiger partial charge in [0, 0.05) is 12.8 Å². The van der Waals surface area contributed by atoms with Crippen LogP contribution in [0.1, 0.15) is 174 Å². The lowest BCUT2D eigenvalue weighted by atomic mass is 9.84. The van der Waals surface area contributed by atoms with E-state index >= 15 is 0 Å². The average Bonchev–Trinajstić information content (AvgIpc) is 0.770. The Hall–Kier alpha value is -2.67. The first-order valence-corrected chi connectivity index (χ1v) is 40.7. The third-order valence-corrected chi connectivity index (χ3v) is 21.5. The molecule has 33 atom stereocenters. The van der Waals surface area contributed by atoms with Crippen LogP contribution in [0, 0.1) is 0 Å². The lowest BCUT2D eigenvalue weighted by molar-refractivity contribution is -0.365. The van der Waals surface area contributed by atoms with Crippen molar-refractivity contribution in [3.8, 4) is 0 Å². The number of phosphoric acid groups is 1. The number of phosphoric ester groups is 1. The Morgan fingerprint density at radius 1 is 0.360 bits per heavy atom. The van der Waals surface area contributed by atoms with Crippen LogP contribution >= 0.6 is 7.82 Å². The van der Waals surface area contributed by atoms with Gasteiger partial charge in [-0.3, -0.25) is 18.6 Å². The van der Waals surface area contributed by atoms with Gasteiger partial charge in [0.1, 0.15) is 165 Å². The Morgan fingerprint density at radius 3 is 1.07 bits per heavy atom. The Bertz CT molecular complexity index is 2670. The van der Waals surface area contributed by atoms with Crippen molar-refractivity contribution < 1.29 is 187 Å². The predicted molar refractivity (Wildman–Crippen MR) is 380 cm³/mol. The van der Waals surface area contributed by atoms with Gasteiger partial charge in [-0.1, -0.05) is 141 Å². The van der Waals surface area contributed by atoms with E-state index < -0.39 is 262 Å². The largest absolute Gasteiger partial charge is 0.472 e. The van der Waals surface area contributed by atoms with Crippen LogP contribution in [-0.4, -0.2) is 361 Å². The summed E-state index contributed by atoms with van der Waals surface area (Å²) in [7, 11) is -5.86. The maximum Gasteiger partial charge on any atom is 0.472 e. The second kappa shape index (κ2) is 50.3. The maximum absolute atomic E-state index is 14.4. The van der Waals surface area contributed by atoms with E-state index in [1.54, 1.807) is 0 Å². The predicted octanol–water partition coefficient (Wildman–Crippen LogP) is -3.21. The summed E-state index contributed by atoms with van der Waals surface area (Å²) >= 11 is 0. The first-order valence-electron chi connectivity index (χ1n) is 39.2. The van der Waals surface area contributed by atoms with Gasteiger partial charge in [0.05, 0.1) is 39.6 Å². The van der Waals surface area contributed by atoms with Crippen molar-refractivity contribution in [1.82, 2.24) is 0 Å². The van der Waals surface area contributed by atoms with E-state index in [-0.39, 0.29) is 12.8 Å². The molecule has 0 radical (unpaired) electrons. The minimum absolute atomic E-state index is 0.0362. The monoisotopic (exact) mass is 1630 g/mol. The van der Waals surface area contributed by atoms with Crippen LogP contribution < -0.4 is 0 Å². The zero-order chi connectivity index (χ0) is 81.5. The Balaban J connectivity index is 1.13. The van der Waals surface area contributed by atoms with Gasteiger partial charge >= 0.3 is 19.8 Å². The van der Waals surface area contributed by atoms with Gasteiger partial charge in [-0.25, -0.2) is 4.57 Å². The second-order valence-corrected chi connectivity index (χ2v) is 30.8. The summed E-state index contributed by atoms with van der Waals surface area (Å²) in [5.41, 5.74) is 0. The van der Waals surface area contributed by atoms with Crippen molar-refractivity contribution in [3.05, 3.63) is 24.3 Å². The Labute approximate surface area is 645 Å². The molecule has 6 rings (SSSR count). The minimum atomic E-state index is -5.86. The van der Waals surface area contributed by atoms with Crippen LogP contribution in [-0.2, 0) is 80.0 Å². The van der Waals surface area contributed by atoms with E-state index in [1.165, 1.54) is 44.9 Å². The van der Waals surface area contributed by atoms with Crippen molar-refractivity contribution in [2.75, 3.05) is 46.2 Å². The fourth-order valence-corrected chi connectivity index (χ4v) is 14.6. The highest BCUT2D eigenvalue weighted by Gasteiger charge is 2.59. The topological polar surface area (TPSA) is 605 Å². The zero-order valence-corrected chi connectivity index (χ0v) is 64.1. The summed E-state index contributed by atoms with van der Waals surface area (Å²) in [6.45, 7) is -1.97. The maximum atomic E-state index is 14.4. The quantitative estimate of drug-likeness (QED) is 0.0123. The normalized spacial score (nSPS) is 38.5. The lowest BCUT2D eigenvalue weighted by Crippen LogP contribution is -2.69. The number of allylic oxidation sites excluding steroid dienone is 4. The third kappa shape index (κ3) is 30.0. The van der Waals surface area contributed by atoms with E-state index in [4.69, 9.17) is 65.9 Å². The van der Waals surface area contributed by atoms with Gasteiger partial charge in [-0.2, -0.15) is 0 Å². The fraction of sp³-hybridized carbons (Fsp3) is 0.917. The summed E-state index contributed by atoms with van der Waals surface area (Å²) in [4.78, 5) is 38.2. The molecule has 6 fully saturated rings. The summed E-state index contributed by atoms with van der Waals surface area (Å²) in [6.07, 6.45) is -35.7. The molecule has 1 saturated carbocycles. The number of carbonyl (C=O) groups is 2. The molecule has 1 aliphatic carbocycles. The van der Waals surface area contributed by atoms with Gasteiger partial charge in [0.2, 0.25) is 0 Å². The van der Waals surface area contributed by atoms with Gasteiger partial charge in [-0.05, 0) is 44.9 Å². The lowest BCUT2D eigenvalue weighted by Gasteiger charge is -2.49. The highest BCUT2D eigenvalue weighted by molar-refractivity contribution is 7.47. The molecular formula is C72H127O38P. The number of esters is 2. The number of carbonyl (C=O) groups excluding carboxylic acids is 2. The van der Waals surface area contributed by atoms with Crippen molar-refractivity contribution >= 4 is 19.8 Å². The van der Waals surface area contributed by atoms with Gasteiger partial charge in [0.15, 0.2) is 37.6 Å². The molecule has 6 aliphatic rings. The van der Waals surface area contributed by atoms with Gasteiger partial charge < -0.3 is 164 Å². The molecule has 0 amide bonds. The van der Waals surface area contributed by atoms with E-state index in [1.807, 2.05) is 0 Å². The Morgan fingerprint density at radius 2 is 0.676 bits per heavy atom. The third-order valence-electron chi connectivity index (χ3n) is 20.6. The molecule has 111 heavy (non-hydrogen) atoms. The van der Waals surface area contributed by atoms with Crippen LogP contribution in [0.15, 0.2) is 24.3 Å². The zero-order valence-electron chi connectivity index (χ0n) is 63.2. The van der Waals surface area contributed by atoms with Crippen LogP contribution in [0.2, 0.25) is 0 Å².